The fraction of sp³-hybridized carbons (Fsp3) is 0.942. The zero-order valence-electron chi connectivity index (χ0n) is 57.3. The van der Waals surface area contributed by atoms with Crippen LogP contribution in [0.4, 0.5) is 0 Å². The van der Waals surface area contributed by atoms with Gasteiger partial charge in [0.2, 0.25) is 0 Å². The van der Waals surface area contributed by atoms with Gasteiger partial charge in [-0.25, -0.2) is 9.13 Å². The van der Waals surface area contributed by atoms with E-state index in [1.54, 1.807) is 0 Å². The molecule has 3 unspecified atom stereocenters. The average Bonchev–Trinajstić information content (AvgIpc) is 3.64. The summed E-state index contributed by atoms with van der Waals surface area (Å²) < 4.78 is 68.1. The Morgan fingerprint density at radius 3 is 0.705 bits per heavy atom. The van der Waals surface area contributed by atoms with Gasteiger partial charge in [0.05, 0.1) is 26.4 Å². The van der Waals surface area contributed by atoms with Crippen molar-refractivity contribution in [3.05, 3.63) is 0 Å². The lowest BCUT2D eigenvalue weighted by Crippen LogP contribution is -2.30. The molecule has 0 saturated heterocycles. The van der Waals surface area contributed by atoms with Crippen molar-refractivity contribution in [3.63, 3.8) is 0 Å². The number of aliphatic hydroxyl groups excluding tert-OH is 1. The summed E-state index contributed by atoms with van der Waals surface area (Å²) in [5.74, 6) is 0.758. The number of aliphatic hydroxyl groups is 1. The van der Waals surface area contributed by atoms with Crippen molar-refractivity contribution >= 4 is 39.5 Å². The van der Waals surface area contributed by atoms with Crippen LogP contribution in [-0.4, -0.2) is 96.7 Å². The first-order valence-corrected chi connectivity index (χ1v) is 38.7. The van der Waals surface area contributed by atoms with E-state index >= 15 is 0 Å². The van der Waals surface area contributed by atoms with Gasteiger partial charge >= 0.3 is 39.5 Å². The number of rotatable bonds is 66. The highest BCUT2D eigenvalue weighted by atomic mass is 31.2. The summed E-state index contributed by atoms with van der Waals surface area (Å²) in [5, 5.41) is 10.6. The maximum atomic E-state index is 13.0. The van der Waals surface area contributed by atoms with Crippen LogP contribution in [0.15, 0.2) is 0 Å². The maximum absolute atomic E-state index is 13.0. The minimum absolute atomic E-state index is 0.101. The van der Waals surface area contributed by atoms with Crippen molar-refractivity contribution in [2.75, 3.05) is 39.6 Å². The lowest BCUT2D eigenvalue weighted by Gasteiger charge is -2.21. The highest BCUT2D eigenvalue weighted by Gasteiger charge is 2.30. The van der Waals surface area contributed by atoms with Crippen molar-refractivity contribution in [1.82, 2.24) is 0 Å². The van der Waals surface area contributed by atoms with Crippen molar-refractivity contribution in [3.8, 4) is 0 Å². The topological polar surface area (TPSA) is 237 Å². The van der Waals surface area contributed by atoms with Crippen molar-refractivity contribution in [2.45, 2.75) is 356 Å². The van der Waals surface area contributed by atoms with Crippen LogP contribution in [0.1, 0.15) is 338 Å². The molecule has 0 aliphatic carbocycles. The van der Waals surface area contributed by atoms with Gasteiger partial charge in [0.1, 0.15) is 19.3 Å². The number of phosphoric acid groups is 2. The third kappa shape index (κ3) is 62.8. The molecule has 0 radical (unpaired) electrons. The van der Waals surface area contributed by atoms with E-state index in [4.69, 9.17) is 37.0 Å². The van der Waals surface area contributed by atoms with Crippen LogP contribution in [-0.2, 0) is 65.4 Å². The second-order valence-corrected chi connectivity index (χ2v) is 29.7. The summed E-state index contributed by atoms with van der Waals surface area (Å²) in [5.41, 5.74) is 0. The van der Waals surface area contributed by atoms with E-state index in [-0.39, 0.29) is 25.7 Å². The lowest BCUT2D eigenvalue weighted by molar-refractivity contribution is -0.161. The first-order valence-electron chi connectivity index (χ1n) is 35.7. The molecule has 0 aliphatic heterocycles. The number of hydrogen-bond acceptors (Lipinski definition) is 15. The summed E-state index contributed by atoms with van der Waals surface area (Å²) in [6.45, 7) is 14.0. The van der Waals surface area contributed by atoms with Gasteiger partial charge in [-0.1, -0.05) is 287 Å². The number of hydrogen-bond donors (Lipinski definition) is 3. The fourth-order valence-corrected chi connectivity index (χ4v) is 11.9. The Balaban J connectivity index is 5.18. The summed E-state index contributed by atoms with van der Waals surface area (Å²) in [6, 6.07) is 0. The zero-order valence-corrected chi connectivity index (χ0v) is 59.1. The van der Waals surface area contributed by atoms with E-state index in [9.17, 15) is 43.2 Å². The molecule has 0 bridgehead atoms. The smallest absolute Gasteiger partial charge is 0.462 e. The Hall–Kier alpha value is -1.94. The average molecular weight is 1300 g/mol. The quantitative estimate of drug-likeness (QED) is 0.0222. The van der Waals surface area contributed by atoms with E-state index < -0.39 is 97.5 Å². The molecular formula is C69H134O17P2. The molecule has 0 aromatic rings. The molecule has 0 aromatic heterocycles. The van der Waals surface area contributed by atoms with E-state index in [2.05, 4.69) is 55.4 Å². The van der Waals surface area contributed by atoms with Gasteiger partial charge in [-0.3, -0.25) is 37.3 Å². The highest BCUT2D eigenvalue weighted by Crippen LogP contribution is 2.45. The molecule has 0 rings (SSSR count). The molecule has 0 aliphatic rings. The number of carbonyl (C=O) groups excluding carboxylic acids is 4. The molecular weight excluding hydrogens is 1160 g/mol. The van der Waals surface area contributed by atoms with Crippen LogP contribution in [0.25, 0.3) is 0 Å². The third-order valence-corrected chi connectivity index (χ3v) is 17.7. The number of unbranched alkanes of at least 4 members (excludes halogenated alkanes) is 32. The maximum Gasteiger partial charge on any atom is 0.472 e. The molecule has 0 aromatic carbocycles. The minimum atomic E-state index is -4.95. The van der Waals surface area contributed by atoms with Crippen molar-refractivity contribution < 1.29 is 80.2 Å². The van der Waals surface area contributed by atoms with Gasteiger partial charge in [-0.05, 0) is 49.4 Å². The van der Waals surface area contributed by atoms with Gasteiger partial charge in [0, 0.05) is 25.7 Å². The van der Waals surface area contributed by atoms with Crippen molar-refractivity contribution in [2.24, 2.45) is 23.7 Å². The van der Waals surface area contributed by atoms with Crippen LogP contribution in [0.2, 0.25) is 0 Å². The zero-order chi connectivity index (χ0) is 65.4. The molecule has 3 N–H and O–H groups in total. The number of carbonyl (C=O) groups is 4. The van der Waals surface area contributed by atoms with Gasteiger partial charge in [0.25, 0.3) is 0 Å². The molecule has 0 fully saturated rings. The molecule has 0 amide bonds. The van der Waals surface area contributed by atoms with E-state index in [1.807, 2.05) is 0 Å². The van der Waals surface area contributed by atoms with Crippen LogP contribution < -0.4 is 0 Å². The fourth-order valence-electron chi connectivity index (χ4n) is 10.3. The van der Waals surface area contributed by atoms with E-state index in [0.717, 1.165) is 108 Å². The molecule has 0 spiro atoms. The van der Waals surface area contributed by atoms with Crippen LogP contribution >= 0.6 is 15.6 Å². The first-order chi connectivity index (χ1) is 42.1. The standard InChI is InChI=1S/C69H134O17P2/c1-59(2)45-37-29-21-17-14-12-10-9-11-13-15-19-24-35-43-51-68(73)85-64(56-80-67(72)50-42-34-27-25-31-39-47-61(5)6)57-83-87(75,76)81-53-63(70)54-82-88(77,78)84-58-65(86-69(74)52-44-36-28-26-32-40-48-62(7)8)55-79-66(71)49-41-33-23-20-16-18-22-30-38-46-60(3)4/h59-65,70H,9-58H2,1-8H3,(H,75,76)(H,77,78)/t63?,64-,65-/m1/s1. The first kappa shape index (κ1) is 86.1. The second-order valence-electron chi connectivity index (χ2n) is 26.8. The number of phosphoric ester groups is 2. The summed E-state index contributed by atoms with van der Waals surface area (Å²) >= 11 is 0. The SMILES string of the molecule is CC(C)CCCCCCCCCCCCCCCCCC(=O)O[C@H](COC(=O)CCCCCCCCC(C)C)COP(=O)(O)OCC(O)COP(=O)(O)OC[C@@H](COC(=O)CCCCCCCCCCCC(C)C)OC(=O)CCCCCCCCC(C)C. The Bertz CT molecular complexity index is 1750. The Labute approximate surface area is 537 Å². The van der Waals surface area contributed by atoms with Crippen LogP contribution in [0.5, 0.6) is 0 Å². The van der Waals surface area contributed by atoms with E-state index in [0.29, 0.717) is 37.5 Å². The van der Waals surface area contributed by atoms with E-state index in [1.165, 1.54) is 135 Å². The summed E-state index contributed by atoms with van der Waals surface area (Å²) in [7, 11) is -9.90. The highest BCUT2D eigenvalue weighted by molar-refractivity contribution is 7.47. The molecule has 522 valence electrons. The third-order valence-electron chi connectivity index (χ3n) is 15.8. The van der Waals surface area contributed by atoms with Crippen LogP contribution in [0, 0.1) is 23.7 Å². The predicted octanol–water partition coefficient (Wildman–Crippen LogP) is 19.3. The Morgan fingerprint density at radius 1 is 0.284 bits per heavy atom. The molecule has 17 nitrogen and oxygen atoms in total. The van der Waals surface area contributed by atoms with Gasteiger partial charge in [-0.15, -0.1) is 0 Å². The van der Waals surface area contributed by atoms with Gasteiger partial charge in [-0.2, -0.15) is 0 Å². The largest absolute Gasteiger partial charge is 0.472 e. The molecule has 5 atom stereocenters. The molecule has 0 saturated carbocycles. The van der Waals surface area contributed by atoms with Gasteiger partial charge < -0.3 is 33.8 Å². The normalized spacial score (nSPS) is 14.3. The minimum Gasteiger partial charge on any atom is -0.462 e. The Kier molecular flexibility index (Phi) is 57.6. The summed E-state index contributed by atoms with van der Waals surface area (Å²) in [6.07, 6.45) is 40.7. The molecule has 19 heteroatoms. The second kappa shape index (κ2) is 58.8. The lowest BCUT2D eigenvalue weighted by atomic mass is 10.0. The van der Waals surface area contributed by atoms with Crippen LogP contribution in [0.3, 0.4) is 0 Å². The Morgan fingerprint density at radius 2 is 0.477 bits per heavy atom. The molecule has 88 heavy (non-hydrogen) atoms. The summed E-state index contributed by atoms with van der Waals surface area (Å²) in [4.78, 5) is 72.4. The van der Waals surface area contributed by atoms with Gasteiger partial charge in [0.15, 0.2) is 12.2 Å². The van der Waals surface area contributed by atoms with Crippen molar-refractivity contribution in [1.29, 1.82) is 0 Å². The molecule has 0 heterocycles. The predicted molar refractivity (Wildman–Crippen MR) is 354 cm³/mol. The number of esters is 4. The number of ether oxygens (including phenoxy) is 4. The monoisotopic (exact) mass is 1300 g/mol.